The summed E-state index contributed by atoms with van der Waals surface area (Å²) in [5, 5.41) is 58.8. The zero-order valence-electron chi connectivity index (χ0n) is 45.5. The van der Waals surface area contributed by atoms with E-state index in [2.05, 4.69) is 147 Å². The van der Waals surface area contributed by atoms with Crippen LogP contribution in [-0.4, -0.2) is 127 Å². The van der Waals surface area contributed by atoms with Gasteiger partial charge in [-0.25, -0.2) is 0 Å². The Labute approximate surface area is 519 Å². The molecule has 0 aliphatic heterocycles. The summed E-state index contributed by atoms with van der Waals surface area (Å²) in [4.78, 5) is 78.0. The Bertz CT molecular complexity index is 3480. The zero-order chi connectivity index (χ0) is 53.8. The molecule has 4 aromatic carbocycles. The fourth-order valence-electron chi connectivity index (χ4n) is 7.26. The molecule has 0 radical (unpaired) electrons. The van der Waals surface area contributed by atoms with Crippen molar-refractivity contribution in [2.75, 3.05) is 0 Å². The molecule has 0 fully saturated rings. The van der Waals surface area contributed by atoms with Gasteiger partial charge in [-0.1, -0.05) is 97.1 Å². The molecule has 34 heteroatoms. The van der Waals surface area contributed by atoms with Crippen molar-refractivity contribution in [2.24, 2.45) is 0 Å². The predicted octanol–water partition coefficient (Wildman–Crippen LogP) is -0.395. The van der Waals surface area contributed by atoms with Crippen LogP contribution in [-0.2, 0) is 39.0 Å². The molecule has 0 saturated heterocycles. The Morgan fingerprint density at radius 3 is 0.489 bits per heavy atom. The third-order valence-electron chi connectivity index (χ3n) is 10.4. The van der Waals surface area contributed by atoms with Crippen molar-refractivity contribution in [2.45, 2.75) is 0 Å². The number of aromatic nitrogens is 10. The van der Waals surface area contributed by atoms with Crippen LogP contribution >= 0.6 is 0 Å². The fraction of sp³-hybridized carbons (Fsp3) is 0. The Hall–Kier alpha value is -10.6. The van der Waals surface area contributed by atoms with E-state index in [1.165, 1.54) is 0 Å². The summed E-state index contributed by atoms with van der Waals surface area (Å²) in [5.74, 6) is -3.01. The average Bonchev–Trinajstić information content (AvgIpc) is 3.52. The topological polar surface area (TPSA) is 657 Å². The van der Waals surface area contributed by atoms with Gasteiger partial charge >= 0.3 is 39.0 Å². The minimum Gasteiger partial charge on any atom is -0.543 e. The van der Waals surface area contributed by atoms with Gasteiger partial charge in [0.25, 0.3) is 0 Å². The summed E-state index contributed by atoms with van der Waals surface area (Å²) in [6.07, 6.45) is 16.0. The first-order chi connectivity index (χ1) is 36.9. The third kappa shape index (κ3) is 24.2. The predicted molar refractivity (Wildman–Crippen MR) is 316 cm³/mol. The van der Waals surface area contributed by atoms with E-state index < -0.39 is 33.5 Å². The van der Waals surface area contributed by atoms with Gasteiger partial charge in [-0.15, -0.1) is 0 Å². The van der Waals surface area contributed by atoms with Gasteiger partial charge in [0.05, 0.1) is 78.6 Å². The van der Waals surface area contributed by atoms with Crippen molar-refractivity contribution < 1.29 is 124 Å². The summed E-state index contributed by atoms with van der Waals surface area (Å²) in [5.41, 5.74) is 6.99. The number of carbonyl (C=O) groups is 2. The fourth-order valence-corrected chi connectivity index (χ4v) is 7.26. The molecule has 13 aromatic rings. The number of carboxylic acids is 2. The maximum Gasteiger partial charge on any atom is 2.00 e. The van der Waals surface area contributed by atoms with Crippen LogP contribution in [0, 0.1) is 30.6 Å². The number of fused-ring (bicyclic) bond motifs is 12. The molecule has 0 aliphatic rings. The van der Waals surface area contributed by atoms with E-state index in [0.717, 1.165) is 99.6 Å². The molecular weight excluding hydrogens is 1270 g/mol. The summed E-state index contributed by atoms with van der Waals surface area (Å²) in [7, 11) is 0. The molecule has 0 amide bonds. The number of nitrogens with zero attached hydrogens (tertiary/aromatic N) is 12. The molecule has 0 atom stereocenters. The molecule has 0 bridgehead atoms. The molecule has 0 spiro atoms. The van der Waals surface area contributed by atoms with Crippen LogP contribution in [0.15, 0.2) is 208 Å². The van der Waals surface area contributed by atoms with Crippen molar-refractivity contribution >= 4 is 99.2 Å². The van der Waals surface area contributed by atoms with Crippen LogP contribution < -0.4 is 10.2 Å². The monoisotopic (exact) mass is 1320 g/mol. The first-order valence-corrected chi connectivity index (χ1v) is 22.1. The van der Waals surface area contributed by atoms with E-state index in [1.807, 2.05) is 48.5 Å². The van der Waals surface area contributed by atoms with Crippen LogP contribution in [0.25, 0.3) is 87.2 Å². The Morgan fingerprint density at radius 1 is 0.261 bits per heavy atom. The Morgan fingerprint density at radius 2 is 0.386 bits per heavy atom. The summed E-state index contributed by atoms with van der Waals surface area (Å²) in [6.45, 7) is 0. The van der Waals surface area contributed by atoms with Crippen molar-refractivity contribution in [3.63, 3.8) is 0 Å². The largest absolute Gasteiger partial charge is 2.00 e. The number of carboxylic acid groups (broad SMARTS) is 2. The quantitative estimate of drug-likeness (QED) is 0.0920. The van der Waals surface area contributed by atoms with Gasteiger partial charge in [0, 0.05) is 92.7 Å². The molecule has 13 rings (SSSR count). The van der Waals surface area contributed by atoms with Crippen molar-refractivity contribution in [1.82, 2.24) is 49.8 Å². The maximum absolute atomic E-state index is 10.1. The maximum atomic E-state index is 10.1. The molecule has 32 nitrogen and oxygen atoms in total. The number of hydrogen-bond acceptors (Lipinski definition) is 20. The molecule has 0 unspecified atom stereocenters. The summed E-state index contributed by atoms with van der Waals surface area (Å²) >= 11 is 0. The van der Waals surface area contributed by atoms with E-state index in [-0.39, 0.29) is 93.7 Å². The normalized spacial score (nSPS) is 8.73. The molecule has 9 heterocycles. The zero-order valence-corrected chi connectivity index (χ0v) is 51.4. The average molecular weight is 1320 g/mol. The van der Waals surface area contributed by atoms with Crippen LogP contribution in [0.2, 0.25) is 0 Å². The van der Waals surface area contributed by atoms with E-state index in [1.54, 1.807) is 49.6 Å². The molecule has 20 N–H and O–H groups in total. The van der Waals surface area contributed by atoms with Gasteiger partial charge in [-0.2, -0.15) is 0 Å². The van der Waals surface area contributed by atoms with Crippen molar-refractivity contribution in [3.05, 3.63) is 250 Å². The SMILES string of the molecule is O.O.O.O.O.O.O.O.O.O.O=C([O-])c1cnc(C(=O)[O-])cn1.O=[N+]([O-])[O-].O=[N+]([O-])[O-].[Zn+2].[Zn+2].c1cnc2c(c1)ccc1cccnc12.c1cnc2c(c1)ccc1cccnc12.c1cnc2c(c1)ccc1cccnc12.c1cnc2c(c1)ccc1cccnc12. The number of carbonyl (C=O) groups excluding carboxylic acids is 2. The number of pyridine rings is 8. The number of rotatable bonds is 2. The van der Waals surface area contributed by atoms with Gasteiger partial charge in [0.1, 0.15) is 11.4 Å². The molecule has 454 valence electrons. The van der Waals surface area contributed by atoms with E-state index in [4.69, 9.17) is 30.6 Å². The number of hydrogen-bond donors (Lipinski definition) is 0. The van der Waals surface area contributed by atoms with Crippen molar-refractivity contribution in [1.29, 1.82) is 0 Å². The van der Waals surface area contributed by atoms with Crippen LogP contribution in [0.5, 0.6) is 0 Å². The minimum atomic E-state index is -1.75. The smallest absolute Gasteiger partial charge is 0.543 e. The van der Waals surface area contributed by atoms with Crippen LogP contribution in [0.1, 0.15) is 21.0 Å². The van der Waals surface area contributed by atoms with Gasteiger partial charge in [0.2, 0.25) is 0 Å². The minimum absolute atomic E-state index is 0. The Balaban J connectivity index is -0.000000224. The van der Waals surface area contributed by atoms with E-state index in [9.17, 15) is 19.8 Å². The summed E-state index contributed by atoms with van der Waals surface area (Å²) < 4.78 is 0. The second kappa shape index (κ2) is 44.0. The van der Waals surface area contributed by atoms with Gasteiger partial charge in [-0.05, 0) is 48.5 Å². The van der Waals surface area contributed by atoms with Crippen molar-refractivity contribution in [3.8, 4) is 0 Å². The number of benzene rings is 4. The van der Waals surface area contributed by atoms with Crippen LogP contribution in [0.4, 0.5) is 0 Å². The molecule has 0 saturated carbocycles. The van der Waals surface area contributed by atoms with Gasteiger partial charge in [-0.3, -0.25) is 49.8 Å². The molecule has 88 heavy (non-hydrogen) atoms. The summed E-state index contributed by atoms with van der Waals surface area (Å²) in [6, 6.07) is 48.6. The standard InChI is InChI=1S/4C12H8N2.C6H4N2O4.2NO3.10H2O.2Zn/c4*1-3-9-5-6-10-4-2-8-14-12(10)11(9)13-7-1;9-5(10)3-1-7-4(2-8-3)6(11)12;2*2-1(3)4;;;;;;;;;;;;/h4*1-8H;1-2H,(H,9,10)(H,11,12);;;10*1H2;;/q;;;;;2*-1;;;;;;;;;;;2*+2/p-2. The van der Waals surface area contributed by atoms with E-state index >= 15 is 0 Å². The number of aromatic carboxylic acids is 2. The van der Waals surface area contributed by atoms with Gasteiger partial charge in [0.15, 0.2) is 0 Å². The van der Waals surface area contributed by atoms with Crippen LogP contribution in [0.3, 0.4) is 0 Å². The molecular formula is C54H54N12O20Zn2. The first-order valence-electron chi connectivity index (χ1n) is 22.1. The second-order valence-corrected chi connectivity index (χ2v) is 15.2. The van der Waals surface area contributed by atoms with Gasteiger partial charge < -0.3 is 105 Å². The van der Waals surface area contributed by atoms with E-state index in [0.29, 0.717) is 0 Å². The molecule has 9 aromatic heterocycles. The first kappa shape index (κ1) is 88.6. The third-order valence-corrected chi connectivity index (χ3v) is 10.4. The second-order valence-electron chi connectivity index (χ2n) is 15.2. The Kier molecular flexibility index (Phi) is 44.3. The molecule has 0 aliphatic carbocycles.